The maximum Gasteiger partial charge on any atom is 0.325 e. The Morgan fingerprint density at radius 1 is 1.53 bits per heavy atom. The number of urea groups is 1. The van der Waals surface area contributed by atoms with Crippen LogP contribution >= 0.6 is 0 Å². The zero-order valence-corrected chi connectivity index (χ0v) is 11.5. The van der Waals surface area contributed by atoms with E-state index in [1.807, 2.05) is 6.92 Å². The summed E-state index contributed by atoms with van der Waals surface area (Å²) in [6.07, 6.45) is 3.27. The highest BCUT2D eigenvalue weighted by Crippen LogP contribution is 2.39. The molecule has 2 aliphatic rings. The summed E-state index contributed by atoms with van der Waals surface area (Å²) < 4.78 is 0. The van der Waals surface area contributed by atoms with Gasteiger partial charge in [-0.15, -0.1) is 0 Å². The molecule has 4 amide bonds. The molecular formula is C13H21N3O3. The van der Waals surface area contributed by atoms with E-state index in [0.717, 1.165) is 12.8 Å². The van der Waals surface area contributed by atoms with Gasteiger partial charge in [-0.05, 0) is 25.7 Å². The molecule has 1 heterocycles. The van der Waals surface area contributed by atoms with Crippen LogP contribution in [0.5, 0.6) is 0 Å². The highest BCUT2D eigenvalue weighted by molar-refractivity contribution is 6.08. The molecule has 2 rings (SSSR count). The average Bonchev–Trinajstić information content (AvgIpc) is 2.54. The van der Waals surface area contributed by atoms with Gasteiger partial charge in [-0.2, -0.15) is 0 Å². The maximum absolute atomic E-state index is 12.2. The minimum Gasteiger partial charge on any atom is -0.355 e. The van der Waals surface area contributed by atoms with Gasteiger partial charge < -0.3 is 10.2 Å². The molecule has 1 saturated heterocycles. The normalized spacial score (nSPS) is 30.6. The summed E-state index contributed by atoms with van der Waals surface area (Å²) in [5.74, 6) is -0.0690. The standard InChI is InChI=1S/C13H21N3O3/c1-3-14-10(17)8-16-12(19)15-11(18)13(16)6-4-5-9(2)7-13/h9H,3-8H2,1-2H3,(H,14,17)(H,15,18,19). The van der Waals surface area contributed by atoms with Crippen LogP contribution in [0.25, 0.3) is 0 Å². The molecule has 0 bridgehead atoms. The summed E-state index contributed by atoms with van der Waals surface area (Å²) in [5.41, 5.74) is -0.806. The number of carbonyl (C=O) groups excluding carboxylic acids is 3. The third kappa shape index (κ3) is 2.43. The van der Waals surface area contributed by atoms with Crippen LogP contribution in [0, 0.1) is 5.92 Å². The Morgan fingerprint density at radius 2 is 2.26 bits per heavy atom. The summed E-state index contributed by atoms with van der Waals surface area (Å²) in [4.78, 5) is 37.2. The van der Waals surface area contributed by atoms with E-state index >= 15 is 0 Å². The number of hydrogen-bond acceptors (Lipinski definition) is 3. The average molecular weight is 267 g/mol. The summed E-state index contributed by atoms with van der Waals surface area (Å²) in [6.45, 7) is 4.39. The molecule has 19 heavy (non-hydrogen) atoms. The first-order chi connectivity index (χ1) is 8.99. The molecule has 0 aromatic heterocycles. The van der Waals surface area contributed by atoms with Gasteiger partial charge >= 0.3 is 6.03 Å². The summed E-state index contributed by atoms with van der Waals surface area (Å²) >= 11 is 0. The van der Waals surface area contributed by atoms with Crippen molar-refractivity contribution in [1.29, 1.82) is 0 Å². The van der Waals surface area contributed by atoms with Crippen LogP contribution in [0.2, 0.25) is 0 Å². The predicted octanol–water partition coefficient (Wildman–Crippen LogP) is 0.623. The quantitative estimate of drug-likeness (QED) is 0.736. The van der Waals surface area contributed by atoms with Gasteiger partial charge in [0.15, 0.2) is 0 Å². The smallest absolute Gasteiger partial charge is 0.325 e. The third-order valence-corrected chi connectivity index (χ3v) is 4.05. The zero-order chi connectivity index (χ0) is 14.0. The van der Waals surface area contributed by atoms with Gasteiger partial charge in [-0.3, -0.25) is 14.9 Å². The number of nitrogens with one attached hydrogen (secondary N) is 2. The van der Waals surface area contributed by atoms with E-state index in [1.165, 1.54) is 4.90 Å². The number of likely N-dealkylation sites (N-methyl/N-ethyl adjacent to an activating group) is 1. The van der Waals surface area contributed by atoms with E-state index in [1.54, 1.807) is 0 Å². The zero-order valence-electron chi connectivity index (χ0n) is 11.5. The minimum atomic E-state index is -0.806. The van der Waals surface area contributed by atoms with Gasteiger partial charge in [0, 0.05) is 6.54 Å². The van der Waals surface area contributed by atoms with Crippen LogP contribution in [0.1, 0.15) is 39.5 Å². The van der Waals surface area contributed by atoms with E-state index in [-0.39, 0.29) is 18.4 Å². The van der Waals surface area contributed by atoms with Crippen LogP contribution in [0.4, 0.5) is 4.79 Å². The molecule has 2 unspecified atom stereocenters. The Hall–Kier alpha value is -1.59. The van der Waals surface area contributed by atoms with E-state index in [4.69, 9.17) is 0 Å². The Balaban J connectivity index is 2.20. The molecule has 1 aliphatic heterocycles. The molecule has 0 aromatic rings. The molecule has 1 aliphatic carbocycles. The first-order valence-corrected chi connectivity index (χ1v) is 6.89. The largest absolute Gasteiger partial charge is 0.355 e. The molecular weight excluding hydrogens is 246 g/mol. The minimum absolute atomic E-state index is 0.0435. The molecule has 6 nitrogen and oxygen atoms in total. The Morgan fingerprint density at radius 3 is 2.89 bits per heavy atom. The van der Waals surface area contributed by atoms with Gasteiger partial charge in [0.05, 0.1) is 0 Å². The number of imide groups is 1. The van der Waals surface area contributed by atoms with E-state index in [0.29, 0.717) is 25.3 Å². The van der Waals surface area contributed by atoms with Gasteiger partial charge in [0.1, 0.15) is 12.1 Å². The first kappa shape index (κ1) is 13.8. The van der Waals surface area contributed by atoms with Crippen molar-refractivity contribution in [2.45, 2.75) is 45.1 Å². The van der Waals surface area contributed by atoms with Crippen molar-refractivity contribution in [3.63, 3.8) is 0 Å². The van der Waals surface area contributed by atoms with Crippen LogP contribution in [-0.4, -0.2) is 41.4 Å². The second-order valence-corrected chi connectivity index (χ2v) is 5.53. The second kappa shape index (κ2) is 5.19. The molecule has 2 fully saturated rings. The third-order valence-electron chi connectivity index (χ3n) is 4.05. The van der Waals surface area contributed by atoms with E-state index < -0.39 is 11.6 Å². The van der Waals surface area contributed by atoms with Gasteiger partial charge in [-0.1, -0.05) is 19.8 Å². The summed E-state index contributed by atoms with van der Waals surface area (Å²) in [6, 6.07) is -0.439. The van der Waals surface area contributed by atoms with Crippen molar-refractivity contribution in [3.05, 3.63) is 0 Å². The molecule has 2 N–H and O–H groups in total. The SMILES string of the molecule is CCNC(=O)CN1C(=O)NC(=O)C12CCCC(C)C2. The maximum atomic E-state index is 12.2. The monoisotopic (exact) mass is 267 g/mol. The number of nitrogens with zero attached hydrogens (tertiary/aromatic N) is 1. The van der Waals surface area contributed by atoms with Crippen molar-refractivity contribution in [2.75, 3.05) is 13.1 Å². The van der Waals surface area contributed by atoms with Crippen LogP contribution in [0.15, 0.2) is 0 Å². The van der Waals surface area contributed by atoms with E-state index in [2.05, 4.69) is 17.6 Å². The van der Waals surface area contributed by atoms with Crippen LogP contribution in [0.3, 0.4) is 0 Å². The lowest BCUT2D eigenvalue weighted by molar-refractivity contribution is -0.131. The van der Waals surface area contributed by atoms with Gasteiger partial charge in [0.2, 0.25) is 5.91 Å². The molecule has 2 atom stereocenters. The molecule has 0 radical (unpaired) electrons. The molecule has 0 aromatic carbocycles. The van der Waals surface area contributed by atoms with Crippen molar-refractivity contribution in [1.82, 2.24) is 15.5 Å². The Bertz CT molecular complexity index is 410. The lowest BCUT2D eigenvalue weighted by Crippen LogP contribution is -2.55. The Kier molecular flexibility index (Phi) is 3.78. The highest BCUT2D eigenvalue weighted by Gasteiger charge is 2.54. The van der Waals surface area contributed by atoms with Crippen molar-refractivity contribution < 1.29 is 14.4 Å². The predicted molar refractivity (Wildman–Crippen MR) is 69.3 cm³/mol. The number of amides is 4. The van der Waals surface area contributed by atoms with Crippen LogP contribution < -0.4 is 10.6 Å². The van der Waals surface area contributed by atoms with Crippen molar-refractivity contribution in [2.24, 2.45) is 5.92 Å². The number of carbonyl (C=O) groups is 3. The fourth-order valence-electron chi connectivity index (χ4n) is 3.19. The summed E-state index contributed by atoms with van der Waals surface area (Å²) in [5, 5.41) is 5.03. The highest BCUT2D eigenvalue weighted by atomic mass is 16.2. The fourth-order valence-corrected chi connectivity index (χ4v) is 3.19. The topological polar surface area (TPSA) is 78.5 Å². The van der Waals surface area contributed by atoms with Gasteiger partial charge in [0.25, 0.3) is 5.91 Å². The van der Waals surface area contributed by atoms with Crippen molar-refractivity contribution >= 4 is 17.8 Å². The number of rotatable bonds is 3. The lowest BCUT2D eigenvalue weighted by Gasteiger charge is -2.40. The molecule has 1 spiro atoms. The van der Waals surface area contributed by atoms with E-state index in [9.17, 15) is 14.4 Å². The Labute approximate surface area is 112 Å². The fraction of sp³-hybridized carbons (Fsp3) is 0.769. The van der Waals surface area contributed by atoms with Gasteiger partial charge in [-0.25, -0.2) is 4.79 Å². The molecule has 1 saturated carbocycles. The molecule has 6 heteroatoms. The number of hydrogen-bond donors (Lipinski definition) is 2. The lowest BCUT2D eigenvalue weighted by atomic mass is 9.75. The van der Waals surface area contributed by atoms with Crippen molar-refractivity contribution in [3.8, 4) is 0 Å². The second-order valence-electron chi connectivity index (χ2n) is 5.53. The molecule has 106 valence electrons. The van der Waals surface area contributed by atoms with Crippen LogP contribution in [-0.2, 0) is 9.59 Å². The summed E-state index contributed by atoms with van der Waals surface area (Å²) in [7, 11) is 0. The first-order valence-electron chi connectivity index (χ1n) is 6.89.